The first-order valence-corrected chi connectivity index (χ1v) is 8.14. The molecule has 2 N–H and O–H groups in total. The first-order valence-electron chi connectivity index (χ1n) is 8.14. The number of piperidine rings is 1. The first-order chi connectivity index (χ1) is 11.8. The number of hydrogen-bond acceptors (Lipinski definition) is 6. The van der Waals surface area contributed by atoms with Gasteiger partial charge in [-0.25, -0.2) is 9.97 Å². The van der Waals surface area contributed by atoms with Gasteiger partial charge >= 0.3 is 0 Å². The first kappa shape index (κ1) is 14.9. The predicted molar refractivity (Wildman–Crippen MR) is 92.3 cm³/mol. The van der Waals surface area contributed by atoms with Crippen LogP contribution in [-0.2, 0) is 0 Å². The summed E-state index contributed by atoms with van der Waals surface area (Å²) in [6.07, 6.45) is 9.60. The van der Waals surface area contributed by atoms with Crippen LogP contribution in [-0.4, -0.2) is 45.6 Å². The van der Waals surface area contributed by atoms with Crippen LogP contribution in [0.15, 0.2) is 36.9 Å². The van der Waals surface area contributed by atoms with Gasteiger partial charge in [0, 0.05) is 24.8 Å². The zero-order valence-electron chi connectivity index (χ0n) is 13.6. The number of ether oxygens (including phenoxy) is 1. The van der Waals surface area contributed by atoms with Crippen LogP contribution in [0.4, 0.5) is 5.82 Å². The van der Waals surface area contributed by atoms with Gasteiger partial charge in [0.15, 0.2) is 0 Å². The molecule has 0 aromatic carbocycles. The lowest BCUT2D eigenvalue weighted by molar-refractivity contribution is 0.414. The van der Waals surface area contributed by atoms with Gasteiger partial charge in [0.25, 0.3) is 0 Å². The number of fused-ring (bicyclic) bond motifs is 1. The maximum absolute atomic E-state index is 5.24. The highest BCUT2D eigenvalue weighted by Crippen LogP contribution is 2.22. The molecule has 0 spiro atoms. The van der Waals surface area contributed by atoms with Crippen molar-refractivity contribution in [3.63, 3.8) is 0 Å². The molecule has 4 heterocycles. The topological polar surface area (TPSA) is 76.4 Å². The zero-order chi connectivity index (χ0) is 16.4. The van der Waals surface area contributed by atoms with E-state index in [-0.39, 0.29) is 0 Å². The Morgan fingerprint density at radius 2 is 2.29 bits per heavy atom. The molecule has 3 aromatic heterocycles. The number of aromatic nitrogens is 4. The highest BCUT2D eigenvalue weighted by atomic mass is 16.5. The number of pyridine rings is 1. The minimum absolute atomic E-state index is 0.398. The molecule has 1 aliphatic heterocycles. The van der Waals surface area contributed by atoms with Gasteiger partial charge < -0.3 is 15.4 Å². The van der Waals surface area contributed by atoms with Crippen molar-refractivity contribution in [2.45, 2.75) is 18.9 Å². The molecular formula is C17H20N6O. The van der Waals surface area contributed by atoms with E-state index in [0.717, 1.165) is 48.1 Å². The molecule has 3 aromatic rings. The summed E-state index contributed by atoms with van der Waals surface area (Å²) in [6.45, 7) is 2.05. The van der Waals surface area contributed by atoms with Gasteiger partial charge in [0.05, 0.1) is 31.4 Å². The summed E-state index contributed by atoms with van der Waals surface area (Å²) in [5.41, 5.74) is 2.52. The average molecular weight is 324 g/mol. The van der Waals surface area contributed by atoms with Crippen LogP contribution in [0.25, 0.3) is 17.0 Å². The molecule has 0 bridgehead atoms. The van der Waals surface area contributed by atoms with Crippen molar-refractivity contribution in [3.8, 4) is 17.1 Å². The van der Waals surface area contributed by atoms with Gasteiger partial charge in [0.2, 0.25) is 0 Å². The Balaban J connectivity index is 1.63. The fraction of sp³-hybridized carbons (Fsp3) is 0.353. The average Bonchev–Trinajstić information content (AvgIpc) is 3.06. The van der Waals surface area contributed by atoms with Crippen LogP contribution in [0.2, 0.25) is 0 Å². The number of hydrogen-bond donors (Lipinski definition) is 2. The zero-order valence-corrected chi connectivity index (χ0v) is 13.6. The van der Waals surface area contributed by atoms with Crippen molar-refractivity contribution in [1.29, 1.82) is 0 Å². The lowest BCUT2D eigenvalue weighted by Gasteiger charge is -2.24. The van der Waals surface area contributed by atoms with E-state index in [1.807, 2.05) is 28.9 Å². The molecule has 0 radical (unpaired) electrons. The van der Waals surface area contributed by atoms with Crippen molar-refractivity contribution >= 4 is 11.5 Å². The van der Waals surface area contributed by atoms with E-state index in [4.69, 9.17) is 9.72 Å². The molecule has 1 atom stereocenters. The fourth-order valence-corrected chi connectivity index (χ4v) is 3.02. The van der Waals surface area contributed by atoms with E-state index < -0.39 is 0 Å². The second kappa shape index (κ2) is 6.45. The smallest absolute Gasteiger partial charge is 0.145 e. The summed E-state index contributed by atoms with van der Waals surface area (Å²) in [7, 11) is 1.65. The highest BCUT2D eigenvalue weighted by molar-refractivity contribution is 5.61. The van der Waals surface area contributed by atoms with Crippen molar-refractivity contribution in [1.82, 2.24) is 24.7 Å². The Hall–Kier alpha value is -2.67. The summed E-state index contributed by atoms with van der Waals surface area (Å²) in [4.78, 5) is 13.5. The molecule has 0 aliphatic carbocycles. The summed E-state index contributed by atoms with van der Waals surface area (Å²) >= 11 is 0. The fourth-order valence-electron chi connectivity index (χ4n) is 3.02. The molecule has 1 saturated heterocycles. The van der Waals surface area contributed by atoms with Gasteiger partial charge in [-0.05, 0) is 25.5 Å². The third-order valence-electron chi connectivity index (χ3n) is 4.27. The van der Waals surface area contributed by atoms with E-state index >= 15 is 0 Å². The van der Waals surface area contributed by atoms with Gasteiger partial charge in [-0.2, -0.15) is 0 Å². The molecule has 0 saturated carbocycles. The minimum Gasteiger partial charge on any atom is -0.497 e. The van der Waals surface area contributed by atoms with Crippen molar-refractivity contribution < 1.29 is 4.74 Å². The highest BCUT2D eigenvalue weighted by Gasteiger charge is 2.14. The van der Waals surface area contributed by atoms with E-state index in [1.165, 1.54) is 6.42 Å². The monoisotopic (exact) mass is 324 g/mol. The molecule has 1 aliphatic rings. The molecule has 0 amide bonds. The SMILES string of the molecule is COc1ccn2c(-c3cncc(NC4CCCNC4)n3)cnc2c1. The summed E-state index contributed by atoms with van der Waals surface area (Å²) < 4.78 is 7.23. The molecule has 1 fully saturated rings. The number of nitrogens with zero attached hydrogens (tertiary/aromatic N) is 4. The Morgan fingerprint density at radius 3 is 3.12 bits per heavy atom. The Labute approximate surface area is 140 Å². The van der Waals surface area contributed by atoms with Crippen LogP contribution < -0.4 is 15.4 Å². The number of methoxy groups -OCH3 is 1. The van der Waals surface area contributed by atoms with Crippen molar-refractivity contribution in [3.05, 3.63) is 36.9 Å². The van der Waals surface area contributed by atoms with Crippen molar-refractivity contribution in [2.24, 2.45) is 0 Å². The molecule has 4 rings (SSSR count). The Bertz CT molecular complexity index is 840. The minimum atomic E-state index is 0.398. The molecular weight excluding hydrogens is 304 g/mol. The molecule has 7 heteroatoms. The van der Waals surface area contributed by atoms with Gasteiger partial charge in [-0.3, -0.25) is 9.38 Å². The van der Waals surface area contributed by atoms with Crippen LogP contribution in [0, 0.1) is 0 Å². The van der Waals surface area contributed by atoms with Gasteiger partial charge in [-0.15, -0.1) is 0 Å². The van der Waals surface area contributed by atoms with E-state index in [0.29, 0.717) is 6.04 Å². The lowest BCUT2D eigenvalue weighted by atomic mass is 10.1. The predicted octanol–water partition coefficient (Wildman–Crippen LogP) is 1.96. The third-order valence-corrected chi connectivity index (χ3v) is 4.27. The Kier molecular flexibility index (Phi) is 4.00. The standard InChI is InChI=1S/C17H20N6O/c1-24-13-4-6-23-15(10-20-17(23)7-13)14-9-19-11-16(22-14)21-12-3-2-5-18-8-12/h4,6-7,9-12,18H,2-3,5,8H2,1H3,(H,21,22). The molecule has 1 unspecified atom stereocenters. The normalized spacial score (nSPS) is 17.8. The quantitative estimate of drug-likeness (QED) is 0.764. The van der Waals surface area contributed by atoms with Gasteiger partial charge in [0.1, 0.15) is 22.9 Å². The van der Waals surface area contributed by atoms with E-state index in [9.17, 15) is 0 Å². The number of imidazole rings is 1. The maximum Gasteiger partial charge on any atom is 0.145 e. The molecule has 24 heavy (non-hydrogen) atoms. The molecule has 7 nitrogen and oxygen atoms in total. The summed E-state index contributed by atoms with van der Waals surface area (Å²) in [6, 6.07) is 4.20. The van der Waals surface area contributed by atoms with Gasteiger partial charge in [-0.1, -0.05) is 0 Å². The van der Waals surface area contributed by atoms with Crippen LogP contribution >= 0.6 is 0 Å². The number of rotatable bonds is 4. The Morgan fingerprint density at radius 1 is 1.33 bits per heavy atom. The van der Waals surface area contributed by atoms with Crippen LogP contribution in [0.1, 0.15) is 12.8 Å². The second-order valence-corrected chi connectivity index (χ2v) is 5.92. The lowest BCUT2D eigenvalue weighted by Crippen LogP contribution is -2.38. The van der Waals surface area contributed by atoms with Crippen molar-refractivity contribution in [2.75, 3.05) is 25.5 Å². The number of anilines is 1. The van der Waals surface area contributed by atoms with Crippen LogP contribution in [0.3, 0.4) is 0 Å². The van der Waals surface area contributed by atoms with E-state index in [1.54, 1.807) is 19.5 Å². The van der Waals surface area contributed by atoms with Crippen LogP contribution in [0.5, 0.6) is 5.75 Å². The van der Waals surface area contributed by atoms with E-state index in [2.05, 4.69) is 20.6 Å². The third kappa shape index (κ3) is 2.90. The second-order valence-electron chi connectivity index (χ2n) is 5.92. The maximum atomic E-state index is 5.24. The summed E-state index contributed by atoms with van der Waals surface area (Å²) in [5.74, 6) is 1.58. The largest absolute Gasteiger partial charge is 0.497 e. The molecule has 124 valence electrons. The summed E-state index contributed by atoms with van der Waals surface area (Å²) in [5, 5.41) is 6.86. The number of nitrogens with one attached hydrogen (secondary N) is 2.